The van der Waals surface area contributed by atoms with E-state index in [-0.39, 0.29) is 5.41 Å². The van der Waals surface area contributed by atoms with Crippen molar-refractivity contribution in [1.29, 1.82) is 0 Å². The lowest BCUT2D eigenvalue weighted by atomic mass is 9.81. The summed E-state index contributed by atoms with van der Waals surface area (Å²) >= 11 is 0. The van der Waals surface area contributed by atoms with Gasteiger partial charge >= 0.3 is 0 Å². The summed E-state index contributed by atoms with van der Waals surface area (Å²) in [7, 11) is 3.38. The number of nitrogens with zero attached hydrogens (tertiary/aromatic N) is 2. The zero-order valence-corrected chi connectivity index (χ0v) is 30.1. The summed E-state index contributed by atoms with van der Waals surface area (Å²) in [6.45, 7) is 9.21. The molecular formula is C47H42N2O2. The fourth-order valence-electron chi connectivity index (χ4n) is 7.67. The molecule has 1 aliphatic carbocycles. The van der Waals surface area contributed by atoms with Crippen LogP contribution in [0.4, 0.5) is 17.1 Å². The Kier molecular flexibility index (Phi) is 8.03. The first-order valence-corrected chi connectivity index (χ1v) is 17.5. The third kappa shape index (κ3) is 5.57. The van der Waals surface area contributed by atoms with Crippen LogP contribution >= 0.6 is 0 Å². The van der Waals surface area contributed by atoms with Gasteiger partial charge in [-0.3, -0.25) is 0 Å². The number of fused-ring (bicyclic) bond motifs is 4. The molecule has 6 aromatic carbocycles. The maximum atomic E-state index is 5.42. The lowest BCUT2D eigenvalue weighted by molar-refractivity contribution is 0.415. The first-order chi connectivity index (χ1) is 24.8. The van der Waals surface area contributed by atoms with E-state index in [1.54, 1.807) is 14.2 Å². The van der Waals surface area contributed by atoms with Crippen LogP contribution in [0.2, 0.25) is 0 Å². The highest BCUT2D eigenvalue weighted by atomic mass is 16.5. The number of para-hydroxylation sites is 1. The molecule has 8 rings (SSSR count). The van der Waals surface area contributed by atoms with Gasteiger partial charge in [-0.2, -0.15) is 0 Å². The standard InChI is InChI=1S/C47H42N2O2/c1-31-32(2)48(35-10-8-7-9-11-35)46-30-45-43(29-42(31)46)41-27-16-34(28-44(41)47(45,3)4)13-12-33-14-17-36(18-15-33)49(37-19-23-39(50-5)24-20-37)38-21-25-40(51-6)26-22-38/h7-30H,1-6H3/b13-12+. The molecule has 1 heterocycles. The topological polar surface area (TPSA) is 26.6 Å². The minimum atomic E-state index is -0.121. The van der Waals surface area contributed by atoms with Crippen LogP contribution in [0.5, 0.6) is 11.5 Å². The van der Waals surface area contributed by atoms with Gasteiger partial charge in [-0.1, -0.05) is 74.5 Å². The fraction of sp³-hybridized carbons (Fsp3) is 0.149. The second kappa shape index (κ2) is 12.7. The van der Waals surface area contributed by atoms with Crippen molar-refractivity contribution in [3.05, 3.63) is 167 Å². The number of aryl methyl sites for hydroxylation is 1. The molecule has 0 atom stereocenters. The van der Waals surface area contributed by atoms with Gasteiger partial charge in [-0.15, -0.1) is 0 Å². The van der Waals surface area contributed by atoms with E-state index >= 15 is 0 Å². The fourth-order valence-corrected chi connectivity index (χ4v) is 7.67. The zero-order valence-electron chi connectivity index (χ0n) is 30.1. The minimum absolute atomic E-state index is 0.121. The van der Waals surface area contributed by atoms with Crippen molar-refractivity contribution < 1.29 is 9.47 Å². The highest BCUT2D eigenvalue weighted by molar-refractivity contribution is 5.96. The van der Waals surface area contributed by atoms with E-state index in [9.17, 15) is 0 Å². The van der Waals surface area contributed by atoms with Gasteiger partial charge in [0.05, 0.1) is 19.7 Å². The zero-order chi connectivity index (χ0) is 35.3. The summed E-state index contributed by atoms with van der Waals surface area (Å²) in [4.78, 5) is 2.24. The minimum Gasteiger partial charge on any atom is -0.497 e. The van der Waals surface area contributed by atoms with Gasteiger partial charge in [0.2, 0.25) is 0 Å². The second-order valence-corrected chi connectivity index (χ2v) is 13.9. The normalized spacial score (nSPS) is 13.0. The maximum Gasteiger partial charge on any atom is 0.119 e. The monoisotopic (exact) mass is 666 g/mol. The summed E-state index contributed by atoms with van der Waals surface area (Å²) in [6.07, 6.45) is 4.43. The molecule has 0 radical (unpaired) electrons. The van der Waals surface area contributed by atoms with Crippen LogP contribution in [-0.2, 0) is 5.41 Å². The molecule has 0 spiro atoms. The molecule has 4 heteroatoms. The van der Waals surface area contributed by atoms with Gasteiger partial charge in [-0.05, 0) is 138 Å². The average Bonchev–Trinajstić information content (AvgIpc) is 3.55. The van der Waals surface area contributed by atoms with Crippen molar-refractivity contribution in [2.75, 3.05) is 19.1 Å². The third-order valence-electron chi connectivity index (χ3n) is 10.6. The van der Waals surface area contributed by atoms with Gasteiger partial charge in [-0.25, -0.2) is 0 Å². The van der Waals surface area contributed by atoms with E-state index in [4.69, 9.17) is 9.47 Å². The Labute approximate surface area is 300 Å². The Balaban J connectivity index is 1.09. The van der Waals surface area contributed by atoms with E-state index in [1.807, 2.05) is 24.3 Å². The van der Waals surface area contributed by atoms with Crippen LogP contribution in [0, 0.1) is 13.8 Å². The van der Waals surface area contributed by atoms with Crippen LogP contribution in [0.3, 0.4) is 0 Å². The van der Waals surface area contributed by atoms with Crippen LogP contribution in [0.1, 0.15) is 47.4 Å². The Morgan fingerprint density at radius 2 is 1.10 bits per heavy atom. The molecule has 0 amide bonds. The number of hydrogen-bond acceptors (Lipinski definition) is 3. The molecule has 0 N–H and O–H groups in total. The van der Waals surface area contributed by atoms with Crippen LogP contribution in [0.25, 0.3) is 39.9 Å². The van der Waals surface area contributed by atoms with E-state index in [2.05, 4.69) is 159 Å². The van der Waals surface area contributed by atoms with Gasteiger partial charge < -0.3 is 18.9 Å². The quantitative estimate of drug-likeness (QED) is 0.151. The number of methoxy groups -OCH3 is 2. The van der Waals surface area contributed by atoms with Gasteiger partial charge in [0.1, 0.15) is 11.5 Å². The highest BCUT2D eigenvalue weighted by Crippen LogP contribution is 2.51. The van der Waals surface area contributed by atoms with Crippen molar-refractivity contribution in [3.63, 3.8) is 0 Å². The molecule has 0 unspecified atom stereocenters. The molecule has 0 aliphatic heterocycles. The van der Waals surface area contributed by atoms with E-state index < -0.39 is 0 Å². The van der Waals surface area contributed by atoms with Crippen molar-refractivity contribution in [2.45, 2.75) is 33.1 Å². The van der Waals surface area contributed by atoms with Crippen molar-refractivity contribution >= 4 is 40.1 Å². The van der Waals surface area contributed by atoms with E-state index in [1.165, 1.54) is 55.7 Å². The number of anilines is 3. The number of aromatic nitrogens is 1. The number of rotatable bonds is 8. The Bertz CT molecular complexity index is 2350. The predicted molar refractivity (Wildman–Crippen MR) is 213 cm³/mol. The number of benzene rings is 6. The van der Waals surface area contributed by atoms with Crippen molar-refractivity contribution in [2.24, 2.45) is 0 Å². The third-order valence-corrected chi connectivity index (χ3v) is 10.6. The molecule has 1 aromatic heterocycles. The molecule has 0 saturated carbocycles. The molecule has 1 aliphatic rings. The first kappa shape index (κ1) is 32.2. The smallest absolute Gasteiger partial charge is 0.119 e. The van der Waals surface area contributed by atoms with Gasteiger partial charge in [0.15, 0.2) is 0 Å². The average molecular weight is 667 g/mol. The summed E-state index contributed by atoms with van der Waals surface area (Å²) < 4.78 is 13.3. The SMILES string of the molecule is COc1ccc(N(c2ccc(/C=C/c3ccc4c(c3)C(C)(C)c3cc5c(cc3-4)c(C)c(C)n5-c3ccccc3)cc2)c2ccc(OC)cc2)cc1. The lowest BCUT2D eigenvalue weighted by Gasteiger charge is -2.26. The molecule has 0 bridgehead atoms. The molecule has 7 aromatic rings. The molecule has 4 nitrogen and oxygen atoms in total. The van der Waals surface area contributed by atoms with Gasteiger partial charge in [0.25, 0.3) is 0 Å². The van der Waals surface area contributed by atoms with Crippen LogP contribution < -0.4 is 14.4 Å². The number of ether oxygens (including phenoxy) is 2. The molecule has 0 saturated heterocycles. The lowest BCUT2D eigenvalue weighted by Crippen LogP contribution is -2.15. The summed E-state index contributed by atoms with van der Waals surface area (Å²) in [5, 5.41) is 1.32. The van der Waals surface area contributed by atoms with E-state index in [0.717, 1.165) is 34.1 Å². The molecule has 0 fully saturated rings. The largest absolute Gasteiger partial charge is 0.497 e. The van der Waals surface area contributed by atoms with Crippen molar-refractivity contribution in [1.82, 2.24) is 4.57 Å². The van der Waals surface area contributed by atoms with Crippen molar-refractivity contribution in [3.8, 4) is 28.3 Å². The summed E-state index contributed by atoms with van der Waals surface area (Å²) in [5.41, 5.74) is 15.9. The predicted octanol–water partition coefficient (Wildman–Crippen LogP) is 12.2. The number of hydrogen-bond donors (Lipinski definition) is 0. The van der Waals surface area contributed by atoms with Crippen LogP contribution in [0.15, 0.2) is 133 Å². The Hall–Kier alpha value is -6.00. The molecule has 51 heavy (non-hydrogen) atoms. The maximum absolute atomic E-state index is 5.42. The first-order valence-electron chi connectivity index (χ1n) is 17.5. The second-order valence-electron chi connectivity index (χ2n) is 13.9. The van der Waals surface area contributed by atoms with E-state index in [0.29, 0.717) is 0 Å². The van der Waals surface area contributed by atoms with Gasteiger partial charge in [0, 0.05) is 39.2 Å². The molecule has 252 valence electrons. The summed E-state index contributed by atoms with van der Waals surface area (Å²) in [5.74, 6) is 1.65. The Morgan fingerprint density at radius 3 is 1.69 bits per heavy atom. The molecular weight excluding hydrogens is 625 g/mol. The Morgan fingerprint density at radius 1 is 0.569 bits per heavy atom. The van der Waals surface area contributed by atoms with Crippen LogP contribution in [-0.4, -0.2) is 18.8 Å². The highest BCUT2D eigenvalue weighted by Gasteiger charge is 2.36. The summed E-state index contributed by atoms with van der Waals surface area (Å²) in [6, 6.07) is 47.5.